The van der Waals surface area contributed by atoms with Crippen molar-refractivity contribution in [1.82, 2.24) is 14.1 Å². The third-order valence-corrected chi connectivity index (χ3v) is 7.78. The van der Waals surface area contributed by atoms with Gasteiger partial charge in [-0.25, -0.2) is 9.78 Å². The Balaban J connectivity index is 1.55. The van der Waals surface area contributed by atoms with E-state index in [1.165, 1.54) is 11.1 Å². The topological polar surface area (TPSA) is 49.1 Å². The van der Waals surface area contributed by atoms with Crippen LogP contribution in [-0.2, 0) is 17.8 Å². The summed E-state index contributed by atoms with van der Waals surface area (Å²) in [5, 5.41) is 3.25. The van der Waals surface area contributed by atoms with Crippen LogP contribution in [0.25, 0.3) is 44.1 Å². The molecule has 5 nitrogen and oxygen atoms in total. The van der Waals surface area contributed by atoms with E-state index in [1.807, 2.05) is 39.0 Å². The number of carbonyl (C=O) groups excluding carboxylic acids is 1. The Bertz CT molecular complexity index is 2100. The molecule has 0 aliphatic carbocycles. The molecule has 0 atom stereocenters. The fourth-order valence-electron chi connectivity index (χ4n) is 5.96. The van der Waals surface area contributed by atoms with E-state index in [4.69, 9.17) is 9.72 Å². The lowest BCUT2D eigenvalue weighted by atomic mass is 10.1. The Labute approximate surface area is 251 Å². The molecule has 0 radical (unpaired) electrons. The first-order valence-corrected chi connectivity index (χ1v) is 14.7. The first-order chi connectivity index (χ1) is 20.9. The summed E-state index contributed by atoms with van der Waals surface area (Å²) < 4.78 is 10.5. The van der Waals surface area contributed by atoms with Gasteiger partial charge in [0.05, 0.1) is 16.9 Å². The second kappa shape index (κ2) is 10.6. The van der Waals surface area contributed by atoms with Crippen molar-refractivity contribution >= 4 is 38.7 Å². The zero-order valence-electron chi connectivity index (χ0n) is 24.6. The number of hydrogen-bond acceptors (Lipinski definition) is 3. The molecule has 4 aromatic carbocycles. The van der Waals surface area contributed by atoms with Gasteiger partial charge in [0.25, 0.3) is 0 Å². The molecule has 7 rings (SSSR count). The number of rotatable bonds is 6. The molecule has 43 heavy (non-hydrogen) atoms. The number of fused-ring (bicyclic) bond motifs is 4. The summed E-state index contributed by atoms with van der Waals surface area (Å²) in [6, 6.07) is 41.8. The fraction of sp³-hybridized carbons (Fsp3) is 0.158. The van der Waals surface area contributed by atoms with E-state index in [9.17, 15) is 4.79 Å². The minimum Gasteiger partial charge on any atom is -0.455 e. The molecule has 0 bridgehead atoms. The van der Waals surface area contributed by atoms with E-state index in [0.717, 1.165) is 44.1 Å². The van der Waals surface area contributed by atoms with E-state index in [-0.39, 0.29) is 0 Å². The Hall–Kier alpha value is -5.16. The SMILES string of the molecule is CC(C)(C)OC(=O)c1cc2c(c(-c3cc4ccccc4n3Cc3ccccc3)n1)c1ccccc1n2Cc1ccccc1. The van der Waals surface area contributed by atoms with Crippen LogP contribution in [0, 0.1) is 0 Å². The van der Waals surface area contributed by atoms with Gasteiger partial charge in [0, 0.05) is 40.3 Å². The summed E-state index contributed by atoms with van der Waals surface area (Å²) in [7, 11) is 0. The van der Waals surface area contributed by atoms with E-state index in [2.05, 4.69) is 112 Å². The number of pyridine rings is 1. The van der Waals surface area contributed by atoms with Crippen molar-refractivity contribution in [1.29, 1.82) is 0 Å². The smallest absolute Gasteiger partial charge is 0.357 e. The lowest BCUT2D eigenvalue weighted by molar-refractivity contribution is 0.00631. The zero-order chi connectivity index (χ0) is 29.6. The Morgan fingerprint density at radius 3 is 1.93 bits per heavy atom. The minimum atomic E-state index is -0.646. The van der Waals surface area contributed by atoms with Gasteiger partial charge in [-0.3, -0.25) is 0 Å². The highest BCUT2D eigenvalue weighted by atomic mass is 16.6. The highest BCUT2D eigenvalue weighted by molar-refractivity contribution is 6.15. The predicted molar refractivity (Wildman–Crippen MR) is 174 cm³/mol. The summed E-state index contributed by atoms with van der Waals surface area (Å²) in [5.74, 6) is -0.433. The van der Waals surface area contributed by atoms with Crippen LogP contribution in [0.2, 0.25) is 0 Å². The first-order valence-electron chi connectivity index (χ1n) is 14.7. The van der Waals surface area contributed by atoms with Crippen molar-refractivity contribution in [3.63, 3.8) is 0 Å². The van der Waals surface area contributed by atoms with Gasteiger partial charge in [-0.15, -0.1) is 0 Å². The predicted octanol–water partition coefficient (Wildman–Crippen LogP) is 8.86. The number of carbonyl (C=O) groups is 1. The number of para-hydroxylation sites is 2. The molecule has 3 aromatic heterocycles. The number of aromatic nitrogens is 3. The summed E-state index contributed by atoms with van der Waals surface area (Å²) >= 11 is 0. The summed E-state index contributed by atoms with van der Waals surface area (Å²) in [6.07, 6.45) is 0. The summed E-state index contributed by atoms with van der Waals surface area (Å²) in [4.78, 5) is 18.7. The summed E-state index contributed by atoms with van der Waals surface area (Å²) in [6.45, 7) is 6.98. The van der Waals surface area contributed by atoms with Gasteiger partial charge in [-0.05, 0) is 56.2 Å². The van der Waals surface area contributed by atoms with Crippen molar-refractivity contribution in [2.45, 2.75) is 39.5 Å². The Morgan fingerprint density at radius 2 is 1.26 bits per heavy atom. The number of ether oxygens (including phenoxy) is 1. The molecule has 0 N–H and O–H groups in total. The molecule has 5 heteroatoms. The molecule has 0 aliphatic heterocycles. The van der Waals surface area contributed by atoms with Gasteiger partial charge in [0.2, 0.25) is 0 Å². The monoisotopic (exact) mass is 563 g/mol. The zero-order valence-corrected chi connectivity index (χ0v) is 24.6. The molecule has 0 unspecified atom stereocenters. The van der Waals surface area contributed by atoms with Crippen LogP contribution in [0.3, 0.4) is 0 Å². The normalized spacial score (nSPS) is 11.9. The van der Waals surface area contributed by atoms with Gasteiger partial charge in [0.15, 0.2) is 5.69 Å². The summed E-state index contributed by atoms with van der Waals surface area (Å²) in [5.41, 5.74) is 6.92. The van der Waals surface area contributed by atoms with Crippen LogP contribution >= 0.6 is 0 Å². The average Bonchev–Trinajstić information content (AvgIpc) is 3.53. The van der Waals surface area contributed by atoms with Gasteiger partial charge in [0.1, 0.15) is 5.60 Å². The lowest BCUT2D eigenvalue weighted by Gasteiger charge is -2.20. The third-order valence-electron chi connectivity index (χ3n) is 7.78. The fourth-order valence-corrected chi connectivity index (χ4v) is 5.96. The van der Waals surface area contributed by atoms with E-state index >= 15 is 0 Å². The van der Waals surface area contributed by atoms with Gasteiger partial charge < -0.3 is 13.9 Å². The lowest BCUT2D eigenvalue weighted by Crippen LogP contribution is -2.24. The van der Waals surface area contributed by atoms with Gasteiger partial charge in [-0.2, -0.15) is 0 Å². The highest BCUT2D eigenvalue weighted by Crippen LogP contribution is 2.39. The second-order valence-corrected chi connectivity index (χ2v) is 12.0. The van der Waals surface area contributed by atoms with Crippen LogP contribution in [0.5, 0.6) is 0 Å². The van der Waals surface area contributed by atoms with Crippen molar-refractivity contribution in [2.24, 2.45) is 0 Å². The molecular weight excluding hydrogens is 530 g/mol. The standard InChI is InChI=1S/C38H33N3O2/c1-38(2,3)43-37(42)30-23-33-35(29-19-11-13-21-32(29)41(33)25-27-16-8-5-9-17-27)36(39-30)34-22-28-18-10-12-20-31(28)40(34)24-26-14-6-4-7-15-26/h4-23H,24-25H2,1-3H3. The van der Waals surface area contributed by atoms with Crippen LogP contribution in [0.15, 0.2) is 121 Å². The highest BCUT2D eigenvalue weighted by Gasteiger charge is 2.25. The maximum atomic E-state index is 13.6. The molecule has 0 fully saturated rings. The third kappa shape index (κ3) is 5.08. The average molecular weight is 564 g/mol. The van der Waals surface area contributed by atoms with E-state index < -0.39 is 11.6 Å². The van der Waals surface area contributed by atoms with Crippen LogP contribution < -0.4 is 0 Å². The Kier molecular flexibility index (Phi) is 6.58. The Morgan fingerprint density at radius 1 is 0.674 bits per heavy atom. The number of esters is 1. The van der Waals surface area contributed by atoms with E-state index in [1.54, 1.807) is 0 Å². The largest absolute Gasteiger partial charge is 0.455 e. The molecule has 0 spiro atoms. The maximum Gasteiger partial charge on any atom is 0.357 e. The number of hydrogen-bond donors (Lipinski definition) is 0. The van der Waals surface area contributed by atoms with Gasteiger partial charge in [-0.1, -0.05) is 97.1 Å². The molecule has 0 saturated heterocycles. The maximum absolute atomic E-state index is 13.6. The molecule has 3 heterocycles. The molecule has 7 aromatic rings. The number of nitrogens with zero attached hydrogens (tertiary/aromatic N) is 3. The van der Waals surface area contributed by atoms with Crippen LogP contribution in [0.4, 0.5) is 0 Å². The first kappa shape index (κ1) is 26.7. The number of benzene rings is 4. The quantitative estimate of drug-likeness (QED) is 0.190. The van der Waals surface area contributed by atoms with Crippen molar-refractivity contribution in [2.75, 3.05) is 0 Å². The van der Waals surface area contributed by atoms with Crippen LogP contribution in [-0.4, -0.2) is 25.7 Å². The van der Waals surface area contributed by atoms with E-state index in [0.29, 0.717) is 18.8 Å². The molecule has 0 aliphatic rings. The van der Waals surface area contributed by atoms with Crippen LogP contribution in [0.1, 0.15) is 42.4 Å². The van der Waals surface area contributed by atoms with Crippen molar-refractivity contribution in [3.8, 4) is 11.4 Å². The van der Waals surface area contributed by atoms with Gasteiger partial charge >= 0.3 is 5.97 Å². The molecule has 0 amide bonds. The molecular formula is C38H33N3O2. The van der Waals surface area contributed by atoms with Crippen molar-refractivity contribution in [3.05, 3.63) is 138 Å². The second-order valence-electron chi connectivity index (χ2n) is 12.0. The molecule has 0 saturated carbocycles. The van der Waals surface area contributed by atoms with Crippen molar-refractivity contribution < 1.29 is 9.53 Å². The minimum absolute atomic E-state index is 0.297. The molecule has 212 valence electrons.